The maximum absolute atomic E-state index is 13.2. The minimum atomic E-state index is -0.465. The number of imide groups is 1. The number of hydrogen-bond acceptors (Lipinski definition) is 10. The Morgan fingerprint density at radius 2 is 1.69 bits per heavy atom. The summed E-state index contributed by atoms with van der Waals surface area (Å²) in [6.45, 7) is 14.7. The molecule has 2 N–H and O–H groups in total. The first kappa shape index (κ1) is 39.7. The van der Waals surface area contributed by atoms with Gasteiger partial charge in [0.2, 0.25) is 5.91 Å². The molecule has 3 aromatic carbocycles. The molecule has 3 heterocycles. The summed E-state index contributed by atoms with van der Waals surface area (Å²) in [6.07, 6.45) is 1.09. The average molecular weight is 817 g/mol. The molecule has 0 aliphatic carbocycles. The molecular formula is C41H50BrN7O6. The summed E-state index contributed by atoms with van der Waals surface area (Å²) in [5, 5.41) is 6.65. The van der Waals surface area contributed by atoms with Crippen molar-refractivity contribution in [1.82, 2.24) is 25.1 Å². The molecule has 4 amide bonds. The van der Waals surface area contributed by atoms with Gasteiger partial charge in [-0.25, -0.2) is 14.8 Å². The number of nitrogens with zero attached hydrogens (tertiary/aromatic N) is 5. The Balaban J connectivity index is 1.01. The van der Waals surface area contributed by atoms with Crippen LogP contribution in [0.4, 0.5) is 16.3 Å². The number of carbonyl (C=O) groups is 3. The Morgan fingerprint density at radius 1 is 0.927 bits per heavy atom. The molecule has 2 fully saturated rings. The molecule has 14 heteroatoms. The van der Waals surface area contributed by atoms with Gasteiger partial charge in [0.25, 0.3) is 5.91 Å². The van der Waals surface area contributed by atoms with E-state index in [9.17, 15) is 14.4 Å². The van der Waals surface area contributed by atoms with E-state index in [1.54, 1.807) is 31.4 Å². The van der Waals surface area contributed by atoms with Crippen molar-refractivity contribution in [2.45, 2.75) is 59.5 Å². The van der Waals surface area contributed by atoms with Gasteiger partial charge in [-0.3, -0.25) is 24.7 Å². The highest BCUT2D eigenvalue weighted by Crippen LogP contribution is 2.38. The maximum Gasteiger partial charge on any atom is 0.328 e. The highest BCUT2D eigenvalue weighted by atomic mass is 79.9. The third-order valence-corrected chi connectivity index (χ3v) is 10.5. The van der Waals surface area contributed by atoms with E-state index in [-0.39, 0.29) is 35.8 Å². The van der Waals surface area contributed by atoms with Gasteiger partial charge in [-0.15, -0.1) is 0 Å². The van der Waals surface area contributed by atoms with Crippen LogP contribution in [0.2, 0.25) is 0 Å². The van der Waals surface area contributed by atoms with Gasteiger partial charge in [0.15, 0.2) is 18.1 Å². The Labute approximate surface area is 330 Å². The second kappa shape index (κ2) is 16.8. The largest absolute Gasteiger partial charge is 0.493 e. The fourth-order valence-corrected chi connectivity index (χ4v) is 7.90. The number of anilines is 2. The number of piperazine rings is 1. The van der Waals surface area contributed by atoms with Crippen LogP contribution in [0.15, 0.2) is 65.1 Å². The normalized spacial score (nSPS) is 15.5. The number of carbonyl (C=O) groups excluding carboxylic acids is 3. The summed E-state index contributed by atoms with van der Waals surface area (Å²) in [4.78, 5) is 52.1. The fraction of sp³-hybridized carbons (Fsp3) is 0.439. The molecule has 2 saturated heterocycles. The van der Waals surface area contributed by atoms with E-state index < -0.39 is 6.03 Å². The van der Waals surface area contributed by atoms with Gasteiger partial charge in [-0.2, -0.15) is 0 Å². The molecule has 1 aromatic heterocycles. The number of ether oxygens (including phenoxy) is 3. The maximum atomic E-state index is 13.2. The van der Waals surface area contributed by atoms with Crippen LogP contribution in [0.25, 0.3) is 10.9 Å². The van der Waals surface area contributed by atoms with Crippen LogP contribution in [-0.4, -0.2) is 96.2 Å². The molecule has 292 valence electrons. The summed E-state index contributed by atoms with van der Waals surface area (Å²) in [6, 6.07) is 18.6. The molecule has 13 nitrogen and oxygen atoms in total. The van der Waals surface area contributed by atoms with Crippen molar-refractivity contribution in [3.8, 4) is 17.2 Å². The number of fused-ring (bicyclic) bond motifs is 1. The van der Waals surface area contributed by atoms with Gasteiger partial charge in [-0.05, 0) is 63.1 Å². The Hall–Kier alpha value is -4.95. The van der Waals surface area contributed by atoms with Gasteiger partial charge >= 0.3 is 6.03 Å². The van der Waals surface area contributed by atoms with Crippen molar-refractivity contribution >= 4 is 56.2 Å². The number of aromatic nitrogens is 2. The lowest BCUT2D eigenvalue weighted by atomic mass is 9.79. The molecule has 6 rings (SSSR count). The van der Waals surface area contributed by atoms with Crippen LogP contribution in [-0.2, 0) is 16.1 Å². The topological polar surface area (TPSA) is 138 Å². The zero-order valence-electron chi connectivity index (χ0n) is 32.4. The van der Waals surface area contributed by atoms with Crippen LogP contribution in [0.1, 0.15) is 51.9 Å². The van der Waals surface area contributed by atoms with Crippen LogP contribution in [0, 0.1) is 12.3 Å². The zero-order chi connectivity index (χ0) is 39.3. The summed E-state index contributed by atoms with van der Waals surface area (Å²) in [5.74, 6) is 2.75. The number of urea groups is 1. The van der Waals surface area contributed by atoms with E-state index in [1.807, 2.05) is 36.1 Å². The standard InChI is InChI=1S/C41H50BrN7O6/c1-27-44-33-22-35(34(53-6)21-32(33)38(45-27)43-23-28-9-7-10-29(42)19-28)55-26-40(2,3)25-41(4,5)48-17-15-47(16-18-48)37(51)24-54-31-12-8-11-30(20-31)49-14-13-36(50)46-39(49)52/h7-12,19-22H,13-18,23-26H2,1-6H3,(H,43,44,45)(H,46,50,52). The molecule has 0 bridgehead atoms. The van der Waals surface area contributed by atoms with Crippen LogP contribution >= 0.6 is 15.9 Å². The number of methoxy groups -OCH3 is 1. The van der Waals surface area contributed by atoms with Crippen molar-refractivity contribution in [1.29, 1.82) is 0 Å². The Bertz CT molecular complexity index is 2050. The van der Waals surface area contributed by atoms with E-state index in [0.717, 1.165) is 46.3 Å². The number of rotatable bonds is 14. The summed E-state index contributed by atoms with van der Waals surface area (Å²) in [5.41, 5.74) is 2.16. The van der Waals surface area contributed by atoms with Crippen molar-refractivity contribution < 1.29 is 28.6 Å². The van der Waals surface area contributed by atoms with Crippen LogP contribution < -0.4 is 29.7 Å². The number of amides is 4. The van der Waals surface area contributed by atoms with E-state index in [1.165, 1.54) is 4.90 Å². The van der Waals surface area contributed by atoms with Crippen molar-refractivity contribution in [3.63, 3.8) is 0 Å². The minimum Gasteiger partial charge on any atom is -0.493 e. The van der Waals surface area contributed by atoms with Gasteiger partial charge < -0.3 is 24.4 Å². The molecule has 0 saturated carbocycles. The third-order valence-electron chi connectivity index (χ3n) is 10.0. The lowest BCUT2D eigenvalue weighted by Gasteiger charge is -2.47. The van der Waals surface area contributed by atoms with Gasteiger partial charge in [-0.1, -0.05) is 48.0 Å². The van der Waals surface area contributed by atoms with Crippen LogP contribution in [0.3, 0.4) is 0 Å². The van der Waals surface area contributed by atoms with Gasteiger partial charge in [0.1, 0.15) is 17.4 Å². The molecule has 0 spiro atoms. The lowest BCUT2D eigenvalue weighted by molar-refractivity contribution is -0.136. The molecular weight excluding hydrogens is 766 g/mol. The average Bonchev–Trinajstić information content (AvgIpc) is 3.14. The molecule has 0 unspecified atom stereocenters. The summed E-state index contributed by atoms with van der Waals surface area (Å²) in [7, 11) is 1.64. The Kier molecular flexibility index (Phi) is 12.2. The highest BCUT2D eigenvalue weighted by Gasteiger charge is 2.37. The SMILES string of the molecule is COc1cc2c(NCc3cccc(Br)c3)nc(C)nc2cc1OCC(C)(C)CC(C)(C)N1CCN(C(=O)COc2cccc(N3CCC(=O)NC3=O)c2)CC1. The Morgan fingerprint density at radius 3 is 2.42 bits per heavy atom. The number of hydrogen-bond donors (Lipinski definition) is 2. The van der Waals surface area contributed by atoms with E-state index in [4.69, 9.17) is 19.2 Å². The second-order valence-corrected chi connectivity index (χ2v) is 16.4. The lowest BCUT2D eigenvalue weighted by Crippen LogP contribution is -2.57. The first-order chi connectivity index (χ1) is 26.2. The highest BCUT2D eigenvalue weighted by molar-refractivity contribution is 9.10. The first-order valence-corrected chi connectivity index (χ1v) is 19.3. The van der Waals surface area contributed by atoms with E-state index in [2.05, 4.69) is 76.3 Å². The molecule has 2 aliphatic heterocycles. The van der Waals surface area contributed by atoms with Gasteiger partial charge in [0.05, 0.1) is 19.2 Å². The molecule has 2 aliphatic rings. The molecule has 55 heavy (non-hydrogen) atoms. The summed E-state index contributed by atoms with van der Waals surface area (Å²) < 4.78 is 19.2. The van der Waals surface area contributed by atoms with Gasteiger partial charge in [0, 0.05) is 84.3 Å². The monoisotopic (exact) mass is 815 g/mol. The number of aryl methyl sites for hydroxylation is 1. The first-order valence-electron chi connectivity index (χ1n) is 18.5. The molecule has 0 atom stereocenters. The fourth-order valence-electron chi connectivity index (χ4n) is 7.45. The number of nitrogens with one attached hydrogen (secondary N) is 2. The molecule has 0 radical (unpaired) electrons. The predicted octanol–water partition coefficient (Wildman–Crippen LogP) is 6.56. The minimum absolute atomic E-state index is 0.0879. The quantitative estimate of drug-likeness (QED) is 0.144. The van der Waals surface area contributed by atoms with Crippen molar-refractivity contribution in [2.24, 2.45) is 5.41 Å². The predicted molar refractivity (Wildman–Crippen MR) is 216 cm³/mol. The van der Waals surface area contributed by atoms with Crippen LogP contribution in [0.5, 0.6) is 17.2 Å². The smallest absolute Gasteiger partial charge is 0.328 e. The third kappa shape index (κ3) is 10.0. The number of benzene rings is 3. The number of halogens is 1. The van der Waals surface area contributed by atoms with E-state index in [0.29, 0.717) is 61.5 Å². The molecule has 4 aromatic rings. The van der Waals surface area contributed by atoms with Crippen molar-refractivity contribution in [3.05, 3.63) is 76.5 Å². The second-order valence-electron chi connectivity index (χ2n) is 15.5. The van der Waals surface area contributed by atoms with E-state index >= 15 is 0 Å². The van der Waals surface area contributed by atoms with Crippen molar-refractivity contribution in [2.75, 3.05) is 63.3 Å². The summed E-state index contributed by atoms with van der Waals surface area (Å²) >= 11 is 3.54. The zero-order valence-corrected chi connectivity index (χ0v) is 34.0.